The van der Waals surface area contributed by atoms with Gasteiger partial charge in [-0.3, -0.25) is 0 Å². The average molecular weight is 197 g/mol. The maximum Gasteiger partial charge on any atom is 0.324 e. The van der Waals surface area contributed by atoms with Crippen molar-refractivity contribution in [3.8, 4) is 0 Å². The van der Waals surface area contributed by atoms with Gasteiger partial charge in [0.15, 0.2) is 0 Å². The van der Waals surface area contributed by atoms with Crippen LogP contribution in [0.25, 0.3) is 0 Å². The smallest absolute Gasteiger partial charge is 0.324 e. The lowest BCUT2D eigenvalue weighted by atomic mass is 10.9. The molecule has 0 rings (SSSR count). The first-order chi connectivity index (χ1) is 7.91. The minimum absolute atomic E-state index is 0. The summed E-state index contributed by atoms with van der Waals surface area (Å²) in [4.78, 5) is 9.41. The molecule has 4 nitrogen and oxygen atoms in total. The van der Waals surface area contributed by atoms with E-state index in [1.54, 1.807) is 0 Å². The van der Waals surface area contributed by atoms with Crippen molar-refractivity contribution in [3.05, 3.63) is 0 Å². The normalized spacial score (nSPS) is 30.9. The highest BCUT2D eigenvalue weighted by atomic mass is 32.5. The Hall–Kier alpha value is 0.490. The molecule has 0 atom stereocenters. The van der Waals surface area contributed by atoms with Crippen molar-refractivity contribution in [2.24, 2.45) is 0 Å². The standard InChI is InChI=1S/C4H11O3PS.H3N/c1-3-6-8(5,9)7-4-2;/h3-4H2,1-2H3,(H,5,9);1H3/i1D3,2D3,3D2,4D2;. The van der Waals surface area contributed by atoms with Gasteiger partial charge >= 0.3 is 6.72 Å². The monoisotopic (exact) mass is 197 g/mol. The highest BCUT2D eigenvalue weighted by molar-refractivity contribution is 8.07. The van der Waals surface area contributed by atoms with Gasteiger partial charge in [-0.2, -0.15) is 0 Å². The van der Waals surface area contributed by atoms with Gasteiger partial charge in [0.2, 0.25) is 0 Å². The summed E-state index contributed by atoms with van der Waals surface area (Å²) in [5.74, 6) is 0. The average Bonchev–Trinajstić information content (AvgIpc) is 1.93. The highest BCUT2D eigenvalue weighted by Crippen LogP contribution is 2.42. The summed E-state index contributed by atoms with van der Waals surface area (Å²) in [7, 11) is 0. The molecule has 0 spiro atoms. The van der Waals surface area contributed by atoms with Crippen LogP contribution in [0.15, 0.2) is 0 Å². The van der Waals surface area contributed by atoms with Crippen LogP contribution in [0.5, 0.6) is 0 Å². The Balaban J connectivity index is 0. The van der Waals surface area contributed by atoms with Gasteiger partial charge in [0, 0.05) is 8.22 Å². The molecule has 0 fully saturated rings. The van der Waals surface area contributed by atoms with E-state index in [-0.39, 0.29) is 6.15 Å². The summed E-state index contributed by atoms with van der Waals surface area (Å²) in [6.45, 7) is -18.2. The summed E-state index contributed by atoms with van der Waals surface area (Å²) < 4.78 is 77.1. The first kappa shape index (κ1) is 2.76. The van der Waals surface area contributed by atoms with Gasteiger partial charge in [0.05, 0.1) is 18.6 Å². The maximum atomic E-state index is 9.41. The predicted octanol–water partition coefficient (Wildman–Crippen LogP) is 1.44. The topological polar surface area (TPSA) is 73.7 Å². The number of hydrogen-bond acceptors (Lipinski definition) is 4. The molecule has 0 aromatic rings. The van der Waals surface area contributed by atoms with Gasteiger partial charge in [-0.1, -0.05) is 0 Å². The molecule has 0 aromatic heterocycles. The van der Waals surface area contributed by atoms with Crippen molar-refractivity contribution in [2.75, 3.05) is 13.1 Å². The van der Waals surface area contributed by atoms with Crippen molar-refractivity contribution in [2.45, 2.75) is 13.7 Å². The van der Waals surface area contributed by atoms with Crippen LogP contribution >= 0.6 is 6.72 Å². The van der Waals surface area contributed by atoms with Gasteiger partial charge in [-0.15, -0.1) is 0 Å². The quantitative estimate of drug-likeness (QED) is 0.667. The molecule has 4 N–H and O–H groups in total. The fourth-order valence-corrected chi connectivity index (χ4v) is 0.626. The van der Waals surface area contributed by atoms with Crippen molar-refractivity contribution < 1.29 is 27.6 Å². The van der Waals surface area contributed by atoms with Gasteiger partial charge < -0.3 is 20.1 Å². The van der Waals surface area contributed by atoms with Crippen LogP contribution in [0.3, 0.4) is 0 Å². The van der Waals surface area contributed by atoms with E-state index < -0.39 is 33.5 Å². The van der Waals surface area contributed by atoms with Gasteiger partial charge in [0.1, 0.15) is 0 Å². The minimum atomic E-state index is -4.77. The molecule has 6 heteroatoms. The SMILES string of the molecule is N.[2H]C([2H])([2H])C([2H])([2H])OP(O)(=S)OC([2H])([2H])C([2H])([2H])[2H]. The van der Waals surface area contributed by atoms with Gasteiger partial charge in [0.25, 0.3) is 0 Å². The Bertz CT molecular complexity index is 348. The van der Waals surface area contributed by atoms with E-state index in [1.165, 1.54) is 0 Å². The molecule has 0 aliphatic heterocycles. The van der Waals surface area contributed by atoms with E-state index in [9.17, 15) is 4.89 Å². The molecular weight excluding hydrogens is 173 g/mol. The predicted molar refractivity (Wildman–Crippen MR) is 44.8 cm³/mol. The summed E-state index contributed by atoms with van der Waals surface area (Å²) in [6, 6.07) is 0. The van der Waals surface area contributed by atoms with E-state index in [1.807, 2.05) is 0 Å². The first-order valence-electron chi connectivity index (χ1n) is 6.66. The second kappa shape index (κ2) is 6.22. The maximum absolute atomic E-state index is 9.41. The van der Waals surface area contributed by atoms with E-state index >= 15 is 0 Å². The molecule has 64 valence electrons. The summed E-state index contributed by atoms with van der Waals surface area (Å²) in [5, 5.41) is 0. The van der Waals surface area contributed by atoms with Crippen molar-refractivity contribution in [3.63, 3.8) is 0 Å². The van der Waals surface area contributed by atoms with Gasteiger partial charge in [-0.25, -0.2) is 0 Å². The van der Waals surface area contributed by atoms with Crippen LogP contribution in [-0.4, -0.2) is 18.0 Å². The Morgan fingerprint density at radius 2 is 2.00 bits per heavy atom. The highest BCUT2D eigenvalue weighted by Gasteiger charge is 2.10. The van der Waals surface area contributed by atoms with Crippen LogP contribution in [0.2, 0.25) is 0 Å². The lowest BCUT2D eigenvalue weighted by molar-refractivity contribution is 0.212. The molecular formula is C4H14NO3PS. The Morgan fingerprint density at radius 1 is 1.60 bits per heavy atom. The van der Waals surface area contributed by atoms with E-state index in [0.29, 0.717) is 0 Å². The zero-order valence-corrected chi connectivity index (χ0v) is 6.54. The Labute approximate surface area is 80.4 Å². The number of hydrogen-bond donors (Lipinski definition) is 2. The minimum Gasteiger partial charge on any atom is -0.344 e. The molecule has 0 aliphatic rings. The molecule has 0 unspecified atom stereocenters. The van der Waals surface area contributed by atoms with E-state index in [4.69, 9.17) is 13.7 Å². The third-order valence-electron chi connectivity index (χ3n) is 0.322. The van der Waals surface area contributed by atoms with Gasteiger partial charge in [-0.05, 0) is 25.5 Å². The Morgan fingerprint density at radius 3 is 2.30 bits per heavy atom. The van der Waals surface area contributed by atoms with Crippen LogP contribution in [0.4, 0.5) is 0 Å². The second-order valence-electron chi connectivity index (χ2n) is 0.855. The van der Waals surface area contributed by atoms with E-state index in [2.05, 4.69) is 20.9 Å². The summed E-state index contributed by atoms with van der Waals surface area (Å²) in [5.41, 5.74) is 0. The molecule has 0 saturated heterocycles. The third kappa shape index (κ3) is 6.61. The van der Waals surface area contributed by atoms with Crippen LogP contribution < -0.4 is 6.15 Å². The van der Waals surface area contributed by atoms with Crippen LogP contribution in [0, 0.1) is 0 Å². The first-order valence-corrected chi connectivity index (χ1v) is 4.25. The molecule has 0 radical (unpaired) electrons. The zero-order chi connectivity index (χ0) is 15.9. The van der Waals surface area contributed by atoms with Crippen molar-refractivity contribution >= 4 is 18.5 Å². The third-order valence-corrected chi connectivity index (χ3v) is 1.41. The summed E-state index contributed by atoms with van der Waals surface area (Å²) >= 11 is 4.22. The number of rotatable bonds is 4. The fraction of sp³-hybridized carbons (Fsp3) is 1.00. The lowest BCUT2D eigenvalue weighted by Gasteiger charge is -2.12. The molecule has 0 aromatic carbocycles. The molecule has 0 heterocycles. The molecule has 0 aliphatic carbocycles. The zero-order valence-electron chi connectivity index (χ0n) is 14.8. The Kier molecular flexibility index (Phi) is 1.72. The van der Waals surface area contributed by atoms with Crippen molar-refractivity contribution in [1.29, 1.82) is 0 Å². The molecule has 0 bridgehead atoms. The molecule has 10 heavy (non-hydrogen) atoms. The fourth-order valence-electron chi connectivity index (χ4n) is 0.134. The van der Waals surface area contributed by atoms with E-state index in [0.717, 1.165) is 0 Å². The largest absolute Gasteiger partial charge is 0.344 e. The molecule has 0 amide bonds. The summed E-state index contributed by atoms with van der Waals surface area (Å²) in [6.07, 6.45) is 0. The van der Waals surface area contributed by atoms with Crippen molar-refractivity contribution in [1.82, 2.24) is 6.15 Å². The van der Waals surface area contributed by atoms with Crippen LogP contribution in [0.1, 0.15) is 27.4 Å². The lowest BCUT2D eigenvalue weighted by Crippen LogP contribution is -1.92. The van der Waals surface area contributed by atoms with Crippen LogP contribution in [-0.2, 0) is 20.9 Å². The second-order valence-corrected chi connectivity index (χ2v) is 3.54. The molecule has 0 saturated carbocycles.